The lowest BCUT2D eigenvalue weighted by atomic mass is 9.96. The molecule has 3 aromatic rings. The van der Waals surface area contributed by atoms with Crippen molar-refractivity contribution in [2.75, 3.05) is 38.4 Å². The predicted octanol–water partition coefficient (Wildman–Crippen LogP) is 4.25. The van der Waals surface area contributed by atoms with Gasteiger partial charge in [-0.3, -0.25) is 4.98 Å². The Kier molecular flexibility index (Phi) is 6.49. The number of amides is 1. The van der Waals surface area contributed by atoms with Gasteiger partial charge in [-0.1, -0.05) is 17.7 Å². The molecule has 0 spiro atoms. The number of nitrogens with one attached hydrogen (secondary N) is 1. The molecule has 1 saturated heterocycles. The highest BCUT2D eigenvalue weighted by molar-refractivity contribution is 6.34. The Hall–Kier alpha value is -3.61. The van der Waals surface area contributed by atoms with E-state index in [2.05, 4.69) is 15.2 Å². The lowest BCUT2D eigenvalue weighted by Crippen LogP contribution is -2.51. The molecule has 1 fully saturated rings. The predicted molar refractivity (Wildman–Crippen MR) is 121 cm³/mol. The van der Waals surface area contributed by atoms with Gasteiger partial charge in [-0.2, -0.15) is 5.26 Å². The van der Waals surface area contributed by atoms with Crippen molar-refractivity contribution in [3.8, 4) is 22.9 Å². The molecular formula is C23H20ClFN4O4. The fourth-order valence-corrected chi connectivity index (χ4v) is 4.19. The number of anilines is 1. The Bertz CT molecular complexity index is 1260. The largest absolute Gasteiger partial charge is 0.466 e. The van der Waals surface area contributed by atoms with E-state index in [9.17, 15) is 14.4 Å². The first kappa shape index (κ1) is 22.6. The molecule has 33 heavy (non-hydrogen) atoms. The second kappa shape index (κ2) is 9.48. The molecule has 1 aliphatic rings. The van der Waals surface area contributed by atoms with E-state index in [4.69, 9.17) is 26.2 Å². The number of fused-ring (bicyclic) bond motifs is 1. The lowest BCUT2D eigenvalue weighted by Gasteiger charge is -2.41. The van der Waals surface area contributed by atoms with Crippen LogP contribution in [0, 0.1) is 23.1 Å². The first-order valence-electron chi connectivity index (χ1n) is 10.1. The number of methoxy groups -OCH3 is 1. The van der Waals surface area contributed by atoms with Gasteiger partial charge in [0.05, 0.1) is 21.8 Å². The van der Waals surface area contributed by atoms with Crippen LogP contribution in [-0.2, 0) is 4.74 Å². The minimum absolute atomic E-state index is 0.0584. The molecule has 2 aromatic carbocycles. The Balaban J connectivity index is 1.75. The van der Waals surface area contributed by atoms with Gasteiger partial charge in [0, 0.05) is 49.8 Å². The van der Waals surface area contributed by atoms with Crippen LogP contribution in [0.1, 0.15) is 5.56 Å². The topological polar surface area (TPSA) is 108 Å². The van der Waals surface area contributed by atoms with E-state index in [0.29, 0.717) is 41.3 Å². The Morgan fingerprint density at radius 1 is 1.39 bits per heavy atom. The van der Waals surface area contributed by atoms with Crippen LogP contribution >= 0.6 is 11.6 Å². The SMILES string of the molecule is COCOc1c(C#N)cc(F)cc1-c1ccc2ncc(Cl)c(N3CC(CNC(=O)O)C3)c2c1. The molecule has 1 amide bonds. The Morgan fingerprint density at radius 2 is 2.18 bits per heavy atom. The summed E-state index contributed by atoms with van der Waals surface area (Å²) >= 11 is 6.50. The van der Waals surface area contributed by atoms with Crippen molar-refractivity contribution in [2.24, 2.45) is 5.92 Å². The van der Waals surface area contributed by atoms with Crippen molar-refractivity contribution in [2.45, 2.75) is 0 Å². The third-order valence-electron chi connectivity index (χ3n) is 5.42. The molecule has 10 heteroatoms. The van der Waals surface area contributed by atoms with Gasteiger partial charge in [0.15, 0.2) is 6.79 Å². The maximum Gasteiger partial charge on any atom is 0.404 e. The van der Waals surface area contributed by atoms with Gasteiger partial charge >= 0.3 is 6.09 Å². The molecular weight excluding hydrogens is 451 g/mol. The van der Waals surface area contributed by atoms with Crippen molar-refractivity contribution < 1.29 is 23.8 Å². The number of nitrogens with zero attached hydrogens (tertiary/aromatic N) is 3. The van der Waals surface area contributed by atoms with Gasteiger partial charge in [0.1, 0.15) is 17.6 Å². The third-order valence-corrected chi connectivity index (χ3v) is 5.69. The average molecular weight is 471 g/mol. The summed E-state index contributed by atoms with van der Waals surface area (Å²) in [4.78, 5) is 17.2. The van der Waals surface area contributed by atoms with Crippen molar-refractivity contribution in [1.29, 1.82) is 5.26 Å². The van der Waals surface area contributed by atoms with E-state index in [1.54, 1.807) is 18.3 Å². The van der Waals surface area contributed by atoms with Crippen LogP contribution in [-0.4, -0.2) is 49.7 Å². The molecule has 0 bridgehead atoms. The zero-order valence-corrected chi connectivity index (χ0v) is 18.4. The summed E-state index contributed by atoms with van der Waals surface area (Å²) in [6.45, 7) is 1.52. The second-order valence-electron chi connectivity index (χ2n) is 7.64. The molecule has 0 atom stereocenters. The molecule has 2 heterocycles. The summed E-state index contributed by atoms with van der Waals surface area (Å²) < 4.78 is 24.9. The van der Waals surface area contributed by atoms with Crippen molar-refractivity contribution in [3.05, 3.63) is 52.9 Å². The molecule has 4 rings (SSSR count). The number of rotatable bonds is 7. The number of hydrogen-bond acceptors (Lipinski definition) is 6. The van der Waals surface area contributed by atoms with Crippen LogP contribution in [0.3, 0.4) is 0 Å². The third kappa shape index (κ3) is 4.62. The highest BCUT2D eigenvalue weighted by atomic mass is 35.5. The lowest BCUT2D eigenvalue weighted by molar-refractivity contribution is 0.0513. The number of carboxylic acid groups (broad SMARTS) is 1. The van der Waals surface area contributed by atoms with Gasteiger partial charge in [0.2, 0.25) is 0 Å². The maximum atomic E-state index is 14.3. The molecule has 0 aliphatic carbocycles. The van der Waals surface area contributed by atoms with Crippen molar-refractivity contribution in [3.63, 3.8) is 0 Å². The first-order valence-corrected chi connectivity index (χ1v) is 10.4. The highest BCUT2D eigenvalue weighted by Crippen LogP contribution is 2.41. The molecule has 1 aromatic heterocycles. The van der Waals surface area contributed by atoms with Crippen LogP contribution in [0.2, 0.25) is 5.02 Å². The van der Waals surface area contributed by atoms with E-state index < -0.39 is 11.9 Å². The number of pyridine rings is 1. The number of benzene rings is 2. The summed E-state index contributed by atoms with van der Waals surface area (Å²) in [6.07, 6.45) is 0.522. The molecule has 8 nitrogen and oxygen atoms in total. The number of ether oxygens (including phenoxy) is 2. The minimum atomic E-state index is -1.05. The monoisotopic (exact) mass is 470 g/mol. The standard InChI is InChI=1S/C23H20ClFN4O4/c1-32-12-33-22-15(7-26)4-16(25)6-17(22)14-2-3-20-18(5-14)21(19(24)9-27-20)29-10-13(11-29)8-28-23(30)31/h2-6,9,13,28H,8,10-12H2,1H3,(H,30,31). The van der Waals surface area contributed by atoms with Gasteiger partial charge in [-0.15, -0.1) is 0 Å². The summed E-state index contributed by atoms with van der Waals surface area (Å²) in [5, 5.41) is 21.9. The van der Waals surface area contributed by atoms with Gasteiger partial charge in [-0.05, 0) is 29.8 Å². The quantitative estimate of drug-likeness (QED) is 0.497. The van der Waals surface area contributed by atoms with Crippen LogP contribution in [0.15, 0.2) is 36.5 Å². The number of aromatic nitrogens is 1. The zero-order valence-electron chi connectivity index (χ0n) is 17.6. The van der Waals surface area contributed by atoms with Crippen LogP contribution < -0.4 is 15.0 Å². The minimum Gasteiger partial charge on any atom is -0.466 e. The van der Waals surface area contributed by atoms with Crippen LogP contribution in [0.4, 0.5) is 14.9 Å². The normalized spacial score (nSPS) is 13.5. The summed E-state index contributed by atoms with van der Waals surface area (Å²) in [5.41, 5.74) is 2.55. The van der Waals surface area contributed by atoms with E-state index in [1.807, 2.05) is 12.1 Å². The molecule has 170 valence electrons. The first-order chi connectivity index (χ1) is 15.9. The van der Waals surface area contributed by atoms with Gasteiger partial charge < -0.3 is 24.8 Å². The Morgan fingerprint density at radius 3 is 2.88 bits per heavy atom. The summed E-state index contributed by atoms with van der Waals surface area (Å²) in [6, 6.07) is 9.80. The molecule has 0 radical (unpaired) electrons. The van der Waals surface area contributed by atoms with Crippen molar-refractivity contribution in [1.82, 2.24) is 10.3 Å². The zero-order chi connectivity index (χ0) is 23.5. The smallest absolute Gasteiger partial charge is 0.404 e. The summed E-state index contributed by atoms with van der Waals surface area (Å²) in [5.74, 6) is -0.174. The molecule has 2 N–H and O–H groups in total. The number of nitriles is 1. The van der Waals surface area contributed by atoms with Gasteiger partial charge in [0.25, 0.3) is 0 Å². The number of hydrogen-bond donors (Lipinski definition) is 2. The Labute approximate surface area is 194 Å². The van der Waals surface area contributed by atoms with Gasteiger partial charge in [-0.25, -0.2) is 9.18 Å². The second-order valence-corrected chi connectivity index (χ2v) is 8.04. The average Bonchev–Trinajstić information content (AvgIpc) is 2.77. The van der Waals surface area contributed by atoms with E-state index >= 15 is 0 Å². The summed E-state index contributed by atoms with van der Waals surface area (Å²) in [7, 11) is 1.46. The van der Waals surface area contributed by atoms with Crippen molar-refractivity contribution >= 4 is 34.3 Å². The number of halogens is 2. The number of carbonyl (C=O) groups is 1. The highest BCUT2D eigenvalue weighted by Gasteiger charge is 2.30. The van der Waals surface area contributed by atoms with E-state index in [-0.39, 0.29) is 24.0 Å². The fourth-order valence-electron chi connectivity index (χ4n) is 3.92. The maximum absolute atomic E-state index is 14.3. The van der Waals surface area contributed by atoms with E-state index in [0.717, 1.165) is 17.1 Å². The fraction of sp³-hybridized carbons (Fsp3) is 0.261. The molecule has 1 aliphatic heterocycles. The van der Waals surface area contributed by atoms with Crippen LogP contribution in [0.5, 0.6) is 5.75 Å². The molecule has 0 unspecified atom stereocenters. The molecule has 0 saturated carbocycles. The van der Waals surface area contributed by atoms with Crippen LogP contribution in [0.25, 0.3) is 22.0 Å². The van der Waals surface area contributed by atoms with E-state index in [1.165, 1.54) is 13.2 Å².